The maximum absolute atomic E-state index is 11.6. The SMILES string of the molecule is NC(N)=NC(=O)c1cc2cccnc2nc1N. The van der Waals surface area contributed by atoms with Crippen LogP contribution in [0.3, 0.4) is 0 Å². The van der Waals surface area contributed by atoms with Crippen LogP contribution in [-0.4, -0.2) is 21.8 Å². The Bertz CT molecular complexity index is 617. The van der Waals surface area contributed by atoms with Crippen molar-refractivity contribution in [3.63, 3.8) is 0 Å². The largest absolute Gasteiger partial charge is 0.383 e. The molecule has 0 aliphatic heterocycles. The summed E-state index contributed by atoms with van der Waals surface area (Å²) in [5.74, 6) is -0.896. The van der Waals surface area contributed by atoms with E-state index in [-0.39, 0.29) is 17.3 Å². The first kappa shape index (κ1) is 10.8. The van der Waals surface area contributed by atoms with E-state index < -0.39 is 5.91 Å². The third-order valence-electron chi connectivity index (χ3n) is 2.08. The summed E-state index contributed by atoms with van der Waals surface area (Å²) in [5, 5.41) is 0.691. The van der Waals surface area contributed by atoms with Crippen LogP contribution in [0.5, 0.6) is 0 Å². The lowest BCUT2D eigenvalue weighted by atomic mass is 10.2. The third kappa shape index (κ3) is 2.12. The Hall–Kier alpha value is -2.70. The number of pyridine rings is 2. The molecule has 0 atom stereocenters. The molecule has 0 aliphatic carbocycles. The Kier molecular flexibility index (Phi) is 2.57. The second kappa shape index (κ2) is 4.05. The average Bonchev–Trinajstić information content (AvgIpc) is 2.27. The highest BCUT2D eigenvalue weighted by Gasteiger charge is 2.12. The van der Waals surface area contributed by atoms with Crippen molar-refractivity contribution in [3.8, 4) is 0 Å². The van der Waals surface area contributed by atoms with Crippen LogP contribution in [0.1, 0.15) is 10.4 Å². The first-order chi connectivity index (χ1) is 8.08. The van der Waals surface area contributed by atoms with E-state index in [0.717, 1.165) is 0 Å². The number of fused-ring (bicyclic) bond motifs is 1. The summed E-state index contributed by atoms with van der Waals surface area (Å²) in [4.78, 5) is 23.1. The highest BCUT2D eigenvalue weighted by molar-refractivity contribution is 6.06. The van der Waals surface area contributed by atoms with Crippen molar-refractivity contribution < 1.29 is 4.79 Å². The summed E-state index contributed by atoms with van der Waals surface area (Å²) in [6.45, 7) is 0. The first-order valence-corrected chi connectivity index (χ1v) is 4.73. The van der Waals surface area contributed by atoms with Gasteiger partial charge < -0.3 is 17.2 Å². The molecule has 7 nitrogen and oxygen atoms in total. The van der Waals surface area contributed by atoms with Crippen LogP contribution in [0.4, 0.5) is 5.82 Å². The molecular formula is C10H10N6O. The van der Waals surface area contributed by atoms with Crippen LogP contribution in [0.2, 0.25) is 0 Å². The Morgan fingerprint density at radius 3 is 2.82 bits per heavy atom. The van der Waals surface area contributed by atoms with Gasteiger partial charge in [0.05, 0.1) is 5.56 Å². The van der Waals surface area contributed by atoms with Gasteiger partial charge in [0.2, 0.25) is 0 Å². The van der Waals surface area contributed by atoms with Crippen molar-refractivity contribution in [2.45, 2.75) is 0 Å². The van der Waals surface area contributed by atoms with E-state index in [2.05, 4.69) is 15.0 Å². The Morgan fingerprint density at radius 2 is 2.12 bits per heavy atom. The predicted octanol–water partition coefficient (Wildman–Crippen LogP) is -0.374. The van der Waals surface area contributed by atoms with E-state index in [4.69, 9.17) is 17.2 Å². The number of aliphatic imine (C=N–C) groups is 1. The van der Waals surface area contributed by atoms with Gasteiger partial charge in [0.15, 0.2) is 11.6 Å². The molecule has 17 heavy (non-hydrogen) atoms. The zero-order valence-corrected chi connectivity index (χ0v) is 8.79. The molecule has 1 amide bonds. The molecule has 0 unspecified atom stereocenters. The summed E-state index contributed by atoms with van der Waals surface area (Å²) >= 11 is 0. The van der Waals surface area contributed by atoms with Gasteiger partial charge in [-0.25, -0.2) is 9.97 Å². The number of carbonyl (C=O) groups is 1. The number of rotatable bonds is 1. The average molecular weight is 230 g/mol. The monoisotopic (exact) mass is 230 g/mol. The van der Waals surface area contributed by atoms with Crippen LogP contribution in [0, 0.1) is 0 Å². The molecular weight excluding hydrogens is 220 g/mol. The van der Waals surface area contributed by atoms with Crippen molar-refractivity contribution in [3.05, 3.63) is 30.0 Å². The zero-order valence-electron chi connectivity index (χ0n) is 8.79. The molecule has 2 aromatic rings. The fraction of sp³-hybridized carbons (Fsp3) is 0. The number of amides is 1. The molecule has 0 fully saturated rings. The number of nitrogens with two attached hydrogens (primary N) is 3. The van der Waals surface area contributed by atoms with Crippen molar-refractivity contribution >= 4 is 28.7 Å². The number of anilines is 1. The number of aromatic nitrogens is 2. The summed E-state index contributed by atoms with van der Waals surface area (Å²) in [7, 11) is 0. The second-order valence-corrected chi connectivity index (χ2v) is 3.31. The lowest BCUT2D eigenvalue weighted by molar-refractivity contribution is 0.100. The molecule has 6 N–H and O–H groups in total. The van der Waals surface area contributed by atoms with Crippen molar-refractivity contribution in [2.75, 3.05) is 5.73 Å². The van der Waals surface area contributed by atoms with Crippen molar-refractivity contribution in [2.24, 2.45) is 16.5 Å². The van der Waals surface area contributed by atoms with Gasteiger partial charge in [0, 0.05) is 11.6 Å². The molecule has 7 heteroatoms. The number of nitrogen functional groups attached to an aromatic ring is 1. The van der Waals surface area contributed by atoms with E-state index in [0.29, 0.717) is 11.0 Å². The number of hydrogen-bond acceptors (Lipinski definition) is 4. The topological polar surface area (TPSA) is 133 Å². The minimum Gasteiger partial charge on any atom is -0.383 e. The van der Waals surface area contributed by atoms with Gasteiger partial charge in [-0.3, -0.25) is 4.79 Å². The number of carbonyl (C=O) groups excluding carboxylic acids is 1. The Morgan fingerprint density at radius 1 is 1.35 bits per heavy atom. The van der Waals surface area contributed by atoms with E-state index >= 15 is 0 Å². The fourth-order valence-corrected chi connectivity index (χ4v) is 1.37. The Labute approximate surface area is 96.4 Å². The van der Waals surface area contributed by atoms with Crippen LogP contribution in [0.25, 0.3) is 11.0 Å². The molecule has 0 bridgehead atoms. The normalized spacial score (nSPS) is 10.1. The number of hydrogen-bond donors (Lipinski definition) is 3. The highest BCUT2D eigenvalue weighted by Crippen LogP contribution is 2.17. The van der Waals surface area contributed by atoms with E-state index in [1.54, 1.807) is 24.4 Å². The molecule has 0 aliphatic rings. The lowest BCUT2D eigenvalue weighted by Gasteiger charge is -2.03. The van der Waals surface area contributed by atoms with Gasteiger partial charge in [-0.2, -0.15) is 4.99 Å². The van der Waals surface area contributed by atoms with E-state index in [1.165, 1.54) is 0 Å². The number of guanidine groups is 1. The molecule has 0 spiro atoms. The molecule has 2 aromatic heterocycles. The fourth-order valence-electron chi connectivity index (χ4n) is 1.37. The maximum atomic E-state index is 11.6. The zero-order chi connectivity index (χ0) is 12.4. The van der Waals surface area contributed by atoms with Crippen LogP contribution in [0.15, 0.2) is 29.4 Å². The van der Waals surface area contributed by atoms with E-state index in [9.17, 15) is 4.79 Å². The van der Waals surface area contributed by atoms with Crippen LogP contribution < -0.4 is 17.2 Å². The third-order valence-corrected chi connectivity index (χ3v) is 2.08. The van der Waals surface area contributed by atoms with Gasteiger partial charge >= 0.3 is 0 Å². The van der Waals surface area contributed by atoms with E-state index in [1.807, 2.05) is 0 Å². The highest BCUT2D eigenvalue weighted by atomic mass is 16.1. The second-order valence-electron chi connectivity index (χ2n) is 3.31. The summed E-state index contributed by atoms with van der Waals surface area (Å²) in [6, 6.07) is 5.05. The van der Waals surface area contributed by atoms with Crippen LogP contribution >= 0.6 is 0 Å². The minimum absolute atomic E-state index is 0.0474. The predicted molar refractivity (Wildman–Crippen MR) is 64.1 cm³/mol. The minimum atomic E-state index is -0.624. The lowest BCUT2D eigenvalue weighted by Crippen LogP contribution is -2.24. The molecule has 2 rings (SSSR count). The van der Waals surface area contributed by atoms with Crippen molar-refractivity contribution in [1.82, 2.24) is 9.97 Å². The number of nitrogens with zero attached hydrogens (tertiary/aromatic N) is 3. The molecule has 0 saturated heterocycles. The van der Waals surface area contributed by atoms with Gasteiger partial charge in [-0.05, 0) is 18.2 Å². The molecule has 0 radical (unpaired) electrons. The quantitative estimate of drug-likeness (QED) is 0.452. The van der Waals surface area contributed by atoms with Crippen molar-refractivity contribution in [1.29, 1.82) is 0 Å². The molecule has 2 heterocycles. The molecule has 0 aromatic carbocycles. The summed E-state index contributed by atoms with van der Waals surface area (Å²) < 4.78 is 0. The maximum Gasteiger partial charge on any atom is 0.283 e. The van der Waals surface area contributed by atoms with Gasteiger partial charge in [0.25, 0.3) is 5.91 Å². The Balaban J connectivity index is 2.58. The summed E-state index contributed by atoms with van der Waals surface area (Å²) in [6.07, 6.45) is 1.59. The van der Waals surface area contributed by atoms with Gasteiger partial charge in [-0.1, -0.05) is 0 Å². The van der Waals surface area contributed by atoms with Gasteiger partial charge in [0.1, 0.15) is 5.82 Å². The molecule has 86 valence electrons. The standard InChI is InChI=1S/C10H10N6O/c11-7-6(9(17)16-10(12)13)4-5-2-1-3-14-8(5)15-7/h1-4H,(H2,11,14,15)(H4,12,13,16,17). The van der Waals surface area contributed by atoms with Crippen LogP contribution in [-0.2, 0) is 0 Å². The summed E-state index contributed by atoms with van der Waals surface area (Å²) in [5.41, 5.74) is 16.5. The molecule has 0 saturated carbocycles. The first-order valence-electron chi connectivity index (χ1n) is 4.73. The smallest absolute Gasteiger partial charge is 0.283 e. The van der Waals surface area contributed by atoms with Gasteiger partial charge in [-0.15, -0.1) is 0 Å².